The Morgan fingerprint density at radius 1 is 1.11 bits per heavy atom. The summed E-state index contributed by atoms with van der Waals surface area (Å²) in [6.45, 7) is 5.62. The summed E-state index contributed by atoms with van der Waals surface area (Å²) in [5.41, 5.74) is 0.748. The SMILES string of the molecule is CC(C)COc1ccc(C(O)=C2C(=O)C(=O)N(CCCN(C)C)[C@@H]2c2ccc([N+](=O)[O-])cc2)cc1. The number of nitrogens with zero attached hydrogens (tertiary/aromatic N) is 3. The number of likely N-dealkylation sites (tertiary alicyclic amines) is 1. The highest BCUT2D eigenvalue weighted by molar-refractivity contribution is 6.46. The predicted octanol–water partition coefficient (Wildman–Crippen LogP) is 4.00. The highest BCUT2D eigenvalue weighted by Crippen LogP contribution is 2.40. The van der Waals surface area contributed by atoms with E-state index in [4.69, 9.17) is 4.74 Å². The van der Waals surface area contributed by atoms with Crippen molar-refractivity contribution in [3.8, 4) is 5.75 Å². The summed E-state index contributed by atoms with van der Waals surface area (Å²) in [6.07, 6.45) is 0.616. The number of carbonyl (C=O) groups is 2. The van der Waals surface area contributed by atoms with Crippen molar-refractivity contribution < 1.29 is 24.4 Å². The first-order valence-corrected chi connectivity index (χ1v) is 11.5. The third kappa shape index (κ3) is 6.05. The predicted molar refractivity (Wildman–Crippen MR) is 132 cm³/mol. The monoisotopic (exact) mass is 481 g/mol. The molecule has 0 bridgehead atoms. The average Bonchev–Trinajstić information content (AvgIpc) is 3.07. The van der Waals surface area contributed by atoms with Crippen LogP contribution in [0.2, 0.25) is 0 Å². The molecule has 186 valence electrons. The van der Waals surface area contributed by atoms with Crippen LogP contribution in [-0.2, 0) is 9.59 Å². The Morgan fingerprint density at radius 3 is 2.29 bits per heavy atom. The van der Waals surface area contributed by atoms with E-state index in [9.17, 15) is 24.8 Å². The van der Waals surface area contributed by atoms with Gasteiger partial charge in [0.1, 0.15) is 11.5 Å². The van der Waals surface area contributed by atoms with Crippen molar-refractivity contribution in [2.75, 3.05) is 33.8 Å². The van der Waals surface area contributed by atoms with Crippen LogP contribution in [0, 0.1) is 16.0 Å². The van der Waals surface area contributed by atoms with Gasteiger partial charge in [0, 0.05) is 24.2 Å². The van der Waals surface area contributed by atoms with E-state index in [0.29, 0.717) is 48.9 Å². The standard InChI is InChI=1S/C26H31N3O6/c1-17(2)16-35-21-12-8-19(9-13-21)24(30)22-23(18-6-10-20(11-7-18)29(33)34)28(26(32)25(22)31)15-5-14-27(3)4/h6-13,17,23,30H,5,14-16H2,1-4H3/t23-/m1/s1. The van der Waals surface area contributed by atoms with E-state index in [1.54, 1.807) is 24.3 Å². The second kappa shape index (κ2) is 11.1. The van der Waals surface area contributed by atoms with E-state index in [2.05, 4.69) is 0 Å². The number of aliphatic hydroxyl groups excluding tert-OH is 1. The summed E-state index contributed by atoms with van der Waals surface area (Å²) in [5, 5.41) is 22.2. The highest BCUT2D eigenvalue weighted by Gasteiger charge is 2.45. The van der Waals surface area contributed by atoms with E-state index >= 15 is 0 Å². The first-order valence-electron chi connectivity index (χ1n) is 11.5. The molecule has 0 unspecified atom stereocenters. The lowest BCUT2D eigenvalue weighted by atomic mass is 9.95. The number of non-ortho nitro benzene ring substituents is 1. The second-order valence-corrected chi connectivity index (χ2v) is 9.23. The summed E-state index contributed by atoms with van der Waals surface area (Å²) >= 11 is 0. The Kier molecular flexibility index (Phi) is 8.24. The molecule has 3 rings (SSSR count). The number of hydrogen-bond donors (Lipinski definition) is 1. The molecule has 0 aliphatic carbocycles. The van der Waals surface area contributed by atoms with Gasteiger partial charge in [0.2, 0.25) is 0 Å². The number of rotatable bonds is 10. The number of benzene rings is 2. The van der Waals surface area contributed by atoms with Crippen LogP contribution in [-0.4, -0.2) is 65.3 Å². The van der Waals surface area contributed by atoms with E-state index in [0.717, 1.165) is 0 Å². The molecule has 1 fully saturated rings. The molecule has 2 aromatic rings. The van der Waals surface area contributed by atoms with Crippen LogP contribution in [0.4, 0.5) is 5.69 Å². The zero-order valence-electron chi connectivity index (χ0n) is 20.4. The molecule has 35 heavy (non-hydrogen) atoms. The van der Waals surface area contributed by atoms with Crippen molar-refractivity contribution in [2.45, 2.75) is 26.3 Å². The van der Waals surface area contributed by atoms with Crippen LogP contribution >= 0.6 is 0 Å². The van der Waals surface area contributed by atoms with Crippen LogP contribution in [0.5, 0.6) is 5.75 Å². The molecule has 9 nitrogen and oxygen atoms in total. The molecule has 1 amide bonds. The van der Waals surface area contributed by atoms with Crippen LogP contribution in [0.15, 0.2) is 54.1 Å². The molecule has 1 aliphatic rings. The van der Waals surface area contributed by atoms with Gasteiger partial charge in [0.05, 0.1) is 23.1 Å². The number of amides is 1. The topological polar surface area (TPSA) is 113 Å². The fraction of sp³-hybridized carbons (Fsp3) is 0.385. The molecule has 0 saturated carbocycles. The van der Waals surface area contributed by atoms with E-state index in [-0.39, 0.29) is 17.0 Å². The fourth-order valence-electron chi connectivity index (χ4n) is 3.92. The molecular formula is C26H31N3O6. The van der Waals surface area contributed by atoms with Crippen LogP contribution in [0.1, 0.15) is 37.4 Å². The van der Waals surface area contributed by atoms with Gasteiger partial charge >= 0.3 is 0 Å². The summed E-state index contributed by atoms with van der Waals surface area (Å²) in [7, 11) is 3.83. The summed E-state index contributed by atoms with van der Waals surface area (Å²) in [5.74, 6) is -0.793. The third-order valence-electron chi connectivity index (χ3n) is 5.68. The van der Waals surface area contributed by atoms with E-state index in [1.165, 1.54) is 29.2 Å². The minimum atomic E-state index is -0.852. The van der Waals surface area contributed by atoms with Crippen LogP contribution < -0.4 is 4.74 Å². The van der Waals surface area contributed by atoms with Crippen LogP contribution in [0.25, 0.3) is 5.76 Å². The first-order chi connectivity index (χ1) is 16.6. The maximum atomic E-state index is 13.1. The van der Waals surface area contributed by atoms with Crippen molar-refractivity contribution >= 4 is 23.1 Å². The lowest BCUT2D eigenvalue weighted by Crippen LogP contribution is -2.32. The van der Waals surface area contributed by atoms with Gasteiger partial charge in [-0.15, -0.1) is 0 Å². The average molecular weight is 482 g/mol. The molecular weight excluding hydrogens is 450 g/mol. The van der Waals surface area contributed by atoms with Gasteiger partial charge in [-0.25, -0.2) is 0 Å². The maximum absolute atomic E-state index is 13.1. The largest absolute Gasteiger partial charge is 0.507 e. The second-order valence-electron chi connectivity index (χ2n) is 9.23. The molecule has 1 aliphatic heterocycles. The number of nitro benzene ring substituents is 1. The molecule has 1 heterocycles. The molecule has 0 radical (unpaired) electrons. The van der Waals surface area contributed by atoms with Gasteiger partial charge in [-0.1, -0.05) is 13.8 Å². The van der Waals surface area contributed by atoms with Crippen molar-refractivity contribution in [3.63, 3.8) is 0 Å². The van der Waals surface area contributed by atoms with Gasteiger partial charge in [-0.05, 0) is 74.9 Å². The summed E-state index contributed by atoms with van der Waals surface area (Å²) in [6, 6.07) is 11.5. The Balaban J connectivity index is 2.01. The number of nitro groups is 1. The third-order valence-corrected chi connectivity index (χ3v) is 5.68. The first kappa shape index (κ1) is 25.9. The number of Topliss-reactive ketones (excluding diaryl/α,β-unsaturated/α-hetero) is 1. The minimum Gasteiger partial charge on any atom is -0.507 e. The van der Waals surface area contributed by atoms with Gasteiger partial charge < -0.3 is 19.6 Å². The number of hydrogen-bond acceptors (Lipinski definition) is 7. The smallest absolute Gasteiger partial charge is 0.295 e. The van der Waals surface area contributed by atoms with Gasteiger partial charge in [0.25, 0.3) is 17.4 Å². The molecule has 9 heteroatoms. The normalized spacial score (nSPS) is 17.4. The summed E-state index contributed by atoms with van der Waals surface area (Å²) < 4.78 is 5.68. The molecule has 2 aromatic carbocycles. The number of aliphatic hydroxyl groups is 1. The highest BCUT2D eigenvalue weighted by atomic mass is 16.6. The minimum absolute atomic E-state index is 0.0374. The van der Waals surface area contributed by atoms with Crippen molar-refractivity contribution in [1.82, 2.24) is 9.80 Å². The number of ether oxygens (including phenoxy) is 1. The quantitative estimate of drug-likeness (QED) is 0.179. The van der Waals surface area contributed by atoms with Crippen molar-refractivity contribution in [3.05, 3.63) is 75.3 Å². The number of ketones is 1. The van der Waals surface area contributed by atoms with Gasteiger partial charge in [0.15, 0.2) is 0 Å². The maximum Gasteiger partial charge on any atom is 0.295 e. The molecule has 1 N–H and O–H groups in total. The fourth-order valence-corrected chi connectivity index (χ4v) is 3.92. The lowest BCUT2D eigenvalue weighted by Gasteiger charge is -2.26. The molecule has 0 spiro atoms. The van der Waals surface area contributed by atoms with Gasteiger partial charge in [-0.3, -0.25) is 19.7 Å². The van der Waals surface area contributed by atoms with Crippen molar-refractivity contribution in [2.24, 2.45) is 5.92 Å². The van der Waals surface area contributed by atoms with E-state index in [1.807, 2.05) is 32.8 Å². The Bertz CT molecular complexity index is 1110. The Hall–Kier alpha value is -3.72. The zero-order valence-corrected chi connectivity index (χ0v) is 20.4. The van der Waals surface area contributed by atoms with E-state index < -0.39 is 22.7 Å². The van der Waals surface area contributed by atoms with Crippen LogP contribution in [0.3, 0.4) is 0 Å². The van der Waals surface area contributed by atoms with Gasteiger partial charge in [-0.2, -0.15) is 0 Å². The van der Waals surface area contributed by atoms with Crippen molar-refractivity contribution in [1.29, 1.82) is 0 Å². The lowest BCUT2D eigenvalue weighted by molar-refractivity contribution is -0.384. The number of carbonyl (C=O) groups excluding carboxylic acids is 2. The molecule has 1 atom stereocenters. The molecule has 0 aromatic heterocycles. The Morgan fingerprint density at radius 2 is 1.74 bits per heavy atom. The zero-order chi connectivity index (χ0) is 25.7. The molecule has 1 saturated heterocycles. The summed E-state index contributed by atoms with van der Waals surface area (Å²) in [4.78, 5) is 40.0. The Labute approximate surface area is 204 Å².